The Kier molecular flexibility index (Phi) is 8.32. The number of nitrogens with one attached hydrogen (secondary N) is 1. The van der Waals surface area contributed by atoms with Crippen molar-refractivity contribution in [1.82, 2.24) is 20.1 Å². The minimum atomic E-state index is -0.153. The third-order valence-corrected chi connectivity index (χ3v) is 8.20. The van der Waals surface area contributed by atoms with Crippen LogP contribution in [-0.4, -0.2) is 59.0 Å². The predicted molar refractivity (Wildman–Crippen MR) is 157 cm³/mol. The number of benzene rings is 2. The zero-order valence-corrected chi connectivity index (χ0v) is 23.4. The van der Waals surface area contributed by atoms with Crippen molar-refractivity contribution in [3.05, 3.63) is 95.0 Å². The zero-order valence-electron chi connectivity index (χ0n) is 22.6. The number of piperidine rings is 2. The summed E-state index contributed by atoms with van der Waals surface area (Å²) in [6, 6.07) is 20.0. The Hall–Kier alpha value is -3.39. The monoisotopic (exact) mass is 558 g/mol. The van der Waals surface area contributed by atoms with Gasteiger partial charge in [0.15, 0.2) is 5.76 Å². The quantitative estimate of drug-likeness (QED) is 0.289. The molecule has 0 saturated carbocycles. The van der Waals surface area contributed by atoms with E-state index in [0.29, 0.717) is 11.3 Å². The topological polar surface area (TPSA) is 70.8 Å². The van der Waals surface area contributed by atoms with E-state index in [-0.39, 0.29) is 18.1 Å². The van der Waals surface area contributed by atoms with E-state index in [2.05, 4.69) is 44.4 Å². The van der Waals surface area contributed by atoms with E-state index in [1.165, 1.54) is 11.1 Å². The van der Waals surface area contributed by atoms with Crippen LogP contribution in [0.2, 0.25) is 5.02 Å². The van der Waals surface area contributed by atoms with Crippen molar-refractivity contribution < 1.29 is 13.9 Å². The van der Waals surface area contributed by atoms with Gasteiger partial charge in [-0.25, -0.2) is 0 Å². The average molecular weight is 559 g/mol. The Morgan fingerprint density at radius 1 is 0.875 bits per heavy atom. The first-order valence-electron chi connectivity index (χ1n) is 14.2. The first kappa shape index (κ1) is 26.8. The Bertz CT molecular complexity index is 1410. The highest BCUT2D eigenvalue weighted by Crippen LogP contribution is 2.27. The van der Waals surface area contributed by atoms with Gasteiger partial charge in [-0.1, -0.05) is 23.7 Å². The number of pyridine rings is 1. The molecule has 2 aromatic heterocycles. The molecule has 6 rings (SSSR count). The van der Waals surface area contributed by atoms with E-state index in [1.807, 2.05) is 48.8 Å². The van der Waals surface area contributed by atoms with Gasteiger partial charge in [-0.3, -0.25) is 19.6 Å². The third kappa shape index (κ3) is 6.84. The Labute approximate surface area is 240 Å². The highest BCUT2D eigenvalue weighted by molar-refractivity contribution is 6.30. The number of carbonyl (C=O) groups is 1. The van der Waals surface area contributed by atoms with Crippen LogP contribution < -0.4 is 10.1 Å². The minimum Gasteiger partial charge on any atom is -0.490 e. The minimum absolute atomic E-state index is 0.152. The molecule has 40 heavy (non-hydrogen) atoms. The largest absolute Gasteiger partial charge is 0.490 e. The molecule has 7 nitrogen and oxygen atoms in total. The summed E-state index contributed by atoms with van der Waals surface area (Å²) in [6.45, 7) is 5.74. The van der Waals surface area contributed by atoms with E-state index in [9.17, 15) is 4.79 Å². The van der Waals surface area contributed by atoms with Gasteiger partial charge in [0.1, 0.15) is 17.4 Å². The van der Waals surface area contributed by atoms with Gasteiger partial charge in [0, 0.05) is 68.1 Å². The first-order valence-corrected chi connectivity index (χ1v) is 14.5. The molecule has 2 saturated heterocycles. The predicted octanol–water partition coefficient (Wildman–Crippen LogP) is 5.92. The maximum absolute atomic E-state index is 13.0. The summed E-state index contributed by atoms with van der Waals surface area (Å²) in [5.41, 5.74) is 3.24. The first-order chi connectivity index (χ1) is 19.6. The van der Waals surface area contributed by atoms with E-state index in [1.54, 1.807) is 0 Å². The summed E-state index contributed by atoms with van der Waals surface area (Å²) in [4.78, 5) is 21.9. The van der Waals surface area contributed by atoms with Crippen LogP contribution in [0.4, 0.5) is 0 Å². The number of rotatable bonds is 8. The van der Waals surface area contributed by atoms with Crippen molar-refractivity contribution in [3.63, 3.8) is 0 Å². The van der Waals surface area contributed by atoms with Crippen molar-refractivity contribution in [2.75, 3.05) is 26.2 Å². The highest BCUT2D eigenvalue weighted by Gasteiger charge is 2.24. The molecule has 4 heterocycles. The molecule has 2 aromatic carbocycles. The molecule has 0 atom stereocenters. The fourth-order valence-electron chi connectivity index (χ4n) is 5.67. The average Bonchev–Trinajstić information content (AvgIpc) is 3.41. The number of hydrogen-bond acceptors (Lipinski definition) is 6. The summed E-state index contributed by atoms with van der Waals surface area (Å²) < 4.78 is 12.2. The smallest absolute Gasteiger partial charge is 0.287 e. The molecule has 4 aromatic rings. The van der Waals surface area contributed by atoms with Crippen LogP contribution in [0, 0.1) is 0 Å². The number of hydrogen-bond donors (Lipinski definition) is 1. The normalized spacial score (nSPS) is 17.7. The maximum atomic E-state index is 13.0. The molecular weight excluding hydrogens is 524 g/mol. The molecule has 0 spiro atoms. The van der Waals surface area contributed by atoms with Gasteiger partial charge >= 0.3 is 0 Å². The van der Waals surface area contributed by atoms with Crippen LogP contribution >= 0.6 is 11.6 Å². The molecule has 2 aliphatic rings. The van der Waals surface area contributed by atoms with Crippen molar-refractivity contribution in [3.8, 4) is 5.75 Å². The maximum Gasteiger partial charge on any atom is 0.287 e. The van der Waals surface area contributed by atoms with Crippen molar-refractivity contribution >= 4 is 28.5 Å². The van der Waals surface area contributed by atoms with Gasteiger partial charge in [0.25, 0.3) is 5.91 Å². The van der Waals surface area contributed by atoms with Gasteiger partial charge in [-0.2, -0.15) is 0 Å². The fourth-order valence-corrected chi connectivity index (χ4v) is 5.80. The van der Waals surface area contributed by atoms with Gasteiger partial charge < -0.3 is 14.5 Å². The van der Waals surface area contributed by atoms with Crippen molar-refractivity contribution in [1.29, 1.82) is 0 Å². The van der Waals surface area contributed by atoms with Gasteiger partial charge in [0.2, 0.25) is 0 Å². The number of halogens is 1. The van der Waals surface area contributed by atoms with Crippen LogP contribution in [-0.2, 0) is 13.1 Å². The van der Waals surface area contributed by atoms with Crippen LogP contribution in [0.25, 0.3) is 11.0 Å². The lowest BCUT2D eigenvalue weighted by molar-refractivity contribution is 0.0883. The van der Waals surface area contributed by atoms with Gasteiger partial charge in [-0.15, -0.1) is 0 Å². The Balaban J connectivity index is 0.978. The molecule has 2 aliphatic heterocycles. The molecule has 2 fully saturated rings. The molecule has 0 unspecified atom stereocenters. The number of likely N-dealkylation sites (tertiary alicyclic amines) is 2. The van der Waals surface area contributed by atoms with Crippen LogP contribution in [0.5, 0.6) is 5.75 Å². The number of furan rings is 1. The van der Waals surface area contributed by atoms with Gasteiger partial charge in [-0.05, 0) is 85.3 Å². The third-order valence-electron chi connectivity index (χ3n) is 7.95. The summed E-state index contributed by atoms with van der Waals surface area (Å²) in [5, 5.41) is 4.83. The molecule has 8 heteroatoms. The molecule has 0 radical (unpaired) electrons. The molecule has 208 valence electrons. The second-order valence-electron chi connectivity index (χ2n) is 10.9. The summed E-state index contributed by atoms with van der Waals surface area (Å²) >= 11 is 6.01. The van der Waals surface area contributed by atoms with E-state index in [4.69, 9.17) is 20.8 Å². The van der Waals surface area contributed by atoms with Crippen LogP contribution in [0.15, 0.2) is 77.5 Å². The number of aromatic nitrogens is 1. The molecule has 1 N–H and O–H groups in total. The summed E-state index contributed by atoms with van der Waals surface area (Å²) in [5.74, 6) is 1.01. The molecule has 0 bridgehead atoms. The number of amides is 1. The van der Waals surface area contributed by atoms with Crippen molar-refractivity contribution in [2.24, 2.45) is 0 Å². The number of fused-ring (bicyclic) bond motifs is 1. The molecule has 1 amide bonds. The number of nitrogens with zero attached hydrogens (tertiary/aromatic N) is 3. The van der Waals surface area contributed by atoms with Crippen LogP contribution in [0.3, 0.4) is 0 Å². The SMILES string of the molecule is O=C(NC1CCN(Cc2ccncc2)CC1)c1cc2cc(OC3CCN(Cc4ccc(Cl)cc4)CC3)ccc2o1. The highest BCUT2D eigenvalue weighted by atomic mass is 35.5. The Morgan fingerprint density at radius 3 is 2.23 bits per heavy atom. The van der Waals surface area contributed by atoms with E-state index < -0.39 is 0 Å². The second-order valence-corrected chi connectivity index (χ2v) is 11.3. The van der Waals surface area contributed by atoms with E-state index >= 15 is 0 Å². The standard InChI is InChI=1S/C32H35ClN4O3/c33-26-3-1-23(2-4-26)21-37-17-11-28(12-18-37)39-29-5-6-30-25(19-29)20-31(40-30)32(38)35-27-9-15-36(16-10-27)22-24-7-13-34-14-8-24/h1-8,13-14,19-20,27-28H,9-12,15-18,21-22H2,(H,35,38). The van der Waals surface area contributed by atoms with Gasteiger partial charge in [0.05, 0.1) is 0 Å². The van der Waals surface area contributed by atoms with E-state index in [0.717, 1.165) is 81.1 Å². The van der Waals surface area contributed by atoms with Crippen LogP contribution in [0.1, 0.15) is 47.4 Å². The molecule has 0 aliphatic carbocycles. The number of ether oxygens (including phenoxy) is 1. The second kappa shape index (κ2) is 12.4. The lowest BCUT2D eigenvalue weighted by Gasteiger charge is -2.32. The van der Waals surface area contributed by atoms with Crippen molar-refractivity contribution in [2.45, 2.75) is 50.9 Å². The lowest BCUT2D eigenvalue weighted by atomic mass is 10.0. The number of carbonyl (C=O) groups excluding carboxylic acids is 1. The fraction of sp³-hybridized carbons (Fsp3) is 0.375. The summed E-state index contributed by atoms with van der Waals surface area (Å²) in [7, 11) is 0. The Morgan fingerprint density at radius 2 is 1.52 bits per heavy atom. The zero-order chi connectivity index (χ0) is 27.3. The summed E-state index contributed by atoms with van der Waals surface area (Å²) in [6.07, 6.45) is 7.65. The lowest BCUT2D eigenvalue weighted by Crippen LogP contribution is -2.44. The molecular formula is C32H35ClN4O3.